The first-order valence-electron chi connectivity index (χ1n) is 4.68. The van der Waals surface area contributed by atoms with Gasteiger partial charge in [-0.2, -0.15) is 28.6 Å². The maximum Gasteiger partial charge on any atom is 0.416 e. The van der Waals surface area contributed by atoms with Crippen LogP contribution in [0.4, 0.5) is 13.2 Å². The summed E-state index contributed by atoms with van der Waals surface area (Å²) in [6, 6.07) is 1.50. The molecule has 2 rings (SSSR count). The Morgan fingerprint density at radius 3 is 2.72 bits per heavy atom. The Balaban J connectivity index is 2.58. The average molecular weight is 257 g/mol. The van der Waals surface area contributed by atoms with Crippen LogP contribution < -0.4 is 4.74 Å². The summed E-state index contributed by atoms with van der Waals surface area (Å²) in [5.41, 5.74) is -0.981. The highest BCUT2D eigenvalue weighted by Gasteiger charge is 2.32. The van der Waals surface area contributed by atoms with E-state index in [0.29, 0.717) is 6.07 Å². The van der Waals surface area contributed by atoms with E-state index < -0.39 is 17.7 Å². The maximum atomic E-state index is 12.6. The van der Waals surface area contributed by atoms with E-state index in [-0.39, 0.29) is 16.8 Å². The van der Waals surface area contributed by atoms with Gasteiger partial charge in [-0.05, 0) is 12.1 Å². The van der Waals surface area contributed by atoms with Crippen LogP contribution in [0.5, 0.6) is 5.75 Å². The van der Waals surface area contributed by atoms with Gasteiger partial charge in [0.05, 0.1) is 5.56 Å². The first kappa shape index (κ1) is 12.1. The van der Waals surface area contributed by atoms with Gasteiger partial charge in [0.2, 0.25) is 0 Å². The summed E-state index contributed by atoms with van der Waals surface area (Å²) in [6.45, 7) is 3.16. The highest BCUT2D eigenvalue weighted by Crippen LogP contribution is 2.35. The van der Waals surface area contributed by atoms with Gasteiger partial charge < -0.3 is 4.74 Å². The van der Waals surface area contributed by atoms with Gasteiger partial charge >= 0.3 is 12.1 Å². The van der Waals surface area contributed by atoms with Crippen LogP contribution in [0.2, 0.25) is 0 Å². The predicted molar refractivity (Wildman–Crippen MR) is 54.7 cm³/mol. The minimum Gasteiger partial charge on any atom is -0.421 e. The standard InChI is InChI=1S/C10H6F3N3O2/c1-2-8(17)18-7-4-5(10(11,12)13)3-6-9(7)15-16-14-6/h2-4H,1H2,(H,14,15,16). The lowest BCUT2D eigenvalue weighted by atomic mass is 10.2. The lowest BCUT2D eigenvalue weighted by Gasteiger charge is -2.08. The van der Waals surface area contributed by atoms with E-state index in [4.69, 9.17) is 4.74 Å². The molecule has 0 fully saturated rings. The minimum atomic E-state index is -4.57. The first-order chi connectivity index (χ1) is 8.41. The number of aromatic amines is 1. The SMILES string of the molecule is C=CC(=O)Oc1cc(C(F)(F)F)cc2n[nH]nc12. The topological polar surface area (TPSA) is 67.9 Å². The number of fused-ring (bicyclic) bond motifs is 1. The van der Waals surface area contributed by atoms with E-state index in [9.17, 15) is 18.0 Å². The second-order valence-corrected chi connectivity index (χ2v) is 3.29. The Kier molecular flexibility index (Phi) is 2.77. The third kappa shape index (κ3) is 2.17. The van der Waals surface area contributed by atoms with Crippen LogP contribution in [0.15, 0.2) is 24.8 Å². The Morgan fingerprint density at radius 1 is 1.39 bits per heavy atom. The molecule has 0 aliphatic carbocycles. The fraction of sp³-hybridized carbons (Fsp3) is 0.100. The largest absolute Gasteiger partial charge is 0.421 e. The lowest BCUT2D eigenvalue weighted by Crippen LogP contribution is -2.08. The third-order valence-corrected chi connectivity index (χ3v) is 2.09. The van der Waals surface area contributed by atoms with Crippen molar-refractivity contribution in [2.45, 2.75) is 6.18 Å². The molecule has 0 amide bonds. The molecule has 0 saturated heterocycles. The third-order valence-electron chi connectivity index (χ3n) is 2.09. The molecule has 1 aromatic heterocycles. The zero-order valence-corrected chi connectivity index (χ0v) is 8.78. The van der Waals surface area contributed by atoms with Crippen molar-refractivity contribution in [3.05, 3.63) is 30.4 Å². The molecule has 8 heteroatoms. The summed E-state index contributed by atoms with van der Waals surface area (Å²) in [7, 11) is 0. The molecule has 18 heavy (non-hydrogen) atoms. The number of esters is 1. The van der Waals surface area contributed by atoms with Crippen molar-refractivity contribution in [2.75, 3.05) is 0 Å². The van der Waals surface area contributed by atoms with Crippen molar-refractivity contribution in [3.63, 3.8) is 0 Å². The highest BCUT2D eigenvalue weighted by molar-refractivity contribution is 5.88. The number of hydrogen-bond donors (Lipinski definition) is 1. The Labute approximate surface area is 98.2 Å². The number of aromatic nitrogens is 3. The van der Waals surface area contributed by atoms with E-state index >= 15 is 0 Å². The molecule has 1 heterocycles. The van der Waals surface area contributed by atoms with E-state index in [1.54, 1.807) is 0 Å². The van der Waals surface area contributed by atoms with E-state index in [0.717, 1.165) is 12.1 Å². The summed E-state index contributed by atoms with van der Waals surface area (Å²) in [5, 5.41) is 9.31. The number of halogens is 3. The van der Waals surface area contributed by atoms with Gasteiger partial charge in [0.1, 0.15) is 5.52 Å². The van der Waals surface area contributed by atoms with Crippen molar-refractivity contribution in [3.8, 4) is 5.75 Å². The number of hydrogen-bond acceptors (Lipinski definition) is 4. The minimum absolute atomic E-state index is 0.0400. The van der Waals surface area contributed by atoms with Crippen molar-refractivity contribution in [2.24, 2.45) is 0 Å². The van der Waals surface area contributed by atoms with Gasteiger partial charge in [-0.25, -0.2) is 4.79 Å². The van der Waals surface area contributed by atoms with Crippen LogP contribution in [-0.2, 0) is 11.0 Å². The van der Waals surface area contributed by atoms with Crippen LogP contribution in [0.25, 0.3) is 11.0 Å². The molecule has 1 N–H and O–H groups in total. The molecule has 0 unspecified atom stereocenters. The van der Waals surface area contributed by atoms with Crippen LogP contribution in [0.1, 0.15) is 5.56 Å². The van der Waals surface area contributed by atoms with Crippen molar-refractivity contribution < 1.29 is 22.7 Å². The number of nitrogens with one attached hydrogen (secondary N) is 1. The monoisotopic (exact) mass is 257 g/mol. The second kappa shape index (κ2) is 4.13. The van der Waals surface area contributed by atoms with Gasteiger partial charge in [0.15, 0.2) is 11.3 Å². The number of H-pyrrole nitrogens is 1. The van der Waals surface area contributed by atoms with E-state index in [1.807, 2.05) is 0 Å². The molecule has 1 aromatic carbocycles. The van der Waals surface area contributed by atoms with Crippen molar-refractivity contribution in [1.29, 1.82) is 0 Å². The van der Waals surface area contributed by atoms with Crippen LogP contribution in [-0.4, -0.2) is 21.4 Å². The Bertz CT molecular complexity index is 618. The van der Waals surface area contributed by atoms with Crippen molar-refractivity contribution in [1.82, 2.24) is 15.4 Å². The smallest absolute Gasteiger partial charge is 0.416 e. The number of benzene rings is 1. The van der Waals surface area contributed by atoms with Gasteiger partial charge in [-0.1, -0.05) is 6.58 Å². The quantitative estimate of drug-likeness (QED) is 0.508. The lowest BCUT2D eigenvalue weighted by molar-refractivity contribution is -0.138. The van der Waals surface area contributed by atoms with E-state index in [2.05, 4.69) is 22.0 Å². The molecule has 94 valence electrons. The zero-order valence-electron chi connectivity index (χ0n) is 8.78. The Hall–Kier alpha value is -2.38. The first-order valence-corrected chi connectivity index (χ1v) is 4.68. The zero-order chi connectivity index (χ0) is 13.3. The molecule has 0 radical (unpaired) electrons. The maximum absolute atomic E-state index is 12.6. The van der Waals surface area contributed by atoms with Gasteiger partial charge in [-0.15, -0.1) is 0 Å². The van der Waals surface area contributed by atoms with E-state index in [1.165, 1.54) is 0 Å². The van der Waals surface area contributed by atoms with Crippen LogP contribution in [0.3, 0.4) is 0 Å². The molecular weight excluding hydrogens is 251 g/mol. The molecule has 5 nitrogen and oxygen atoms in total. The number of alkyl halides is 3. The van der Waals surface area contributed by atoms with Gasteiger partial charge in [0.25, 0.3) is 0 Å². The summed E-state index contributed by atoms with van der Waals surface area (Å²) in [5.74, 6) is -1.20. The molecule has 0 aliphatic rings. The highest BCUT2D eigenvalue weighted by atomic mass is 19.4. The molecule has 0 atom stereocenters. The molecule has 0 spiro atoms. The van der Waals surface area contributed by atoms with Crippen LogP contribution >= 0.6 is 0 Å². The summed E-state index contributed by atoms with van der Waals surface area (Å²) in [4.78, 5) is 11.0. The van der Waals surface area contributed by atoms with Gasteiger partial charge in [0, 0.05) is 6.08 Å². The molecule has 0 aliphatic heterocycles. The number of nitrogens with zero attached hydrogens (tertiary/aromatic N) is 2. The Morgan fingerprint density at radius 2 is 2.11 bits per heavy atom. The molecule has 0 bridgehead atoms. The fourth-order valence-electron chi connectivity index (χ4n) is 1.31. The van der Waals surface area contributed by atoms with Crippen LogP contribution in [0, 0.1) is 0 Å². The molecule has 0 saturated carbocycles. The predicted octanol–water partition coefficient (Wildman–Crippen LogP) is 2.07. The molecular formula is C10H6F3N3O2. The van der Waals surface area contributed by atoms with Crippen molar-refractivity contribution >= 4 is 17.0 Å². The normalized spacial score (nSPS) is 11.5. The molecule has 2 aromatic rings. The fourth-order valence-corrected chi connectivity index (χ4v) is 1.31. The second-order valence-electron chi connectivity index (χ2n) is 3.29. The summed E-state index contributed by atoms with van der Waals surface area (Å²) >= 11 is 0. The number of ether oxygens (including phenoxy) is 1. The summed E-state index contributed by atoms with van der Waals surface area (Å²) < 4.78 is 42.5. The average Bonchev–Trinajstić information content (AvgIpc) is 2.75. The summed E-state index contributed by atoms with van der Waals surface area (Å²) in [6.07, 6.45) is -3.73. The number of carbonyl (C=O) groups excluding carboxylic acids is 1. The number of carbonyl (C=O) groups is 1. The van der Waals surface area contributed by atoms with Gasteiger partial charge in [-0.3, -0.25) is 0 Å². The number of rotatable bonds is 2.